The number of aliphatic hydroxyl groups excluding tert-OH is 4. The Balaban J connectivity index is 1.26. The molecule has 4 saturated carbocycles. The zero-order valence-electron chi connectivity index (χ0n) is 28.2. The van der Waals surface area contributed by atoms with E-state index < -0.39 is 65.5 Å². The minimum Gasteiger partial charge on any atom is -0.393 e. The smallest absolute Gasteiger partial charge is 0.393 e. The zero-order chi connectivity index (χ0) is 34.0. The molecule has 0 aromatic rings. The first kappa shape index (κ1) is 36.8. The summed E-state index contributed by atoms with van der Waals surface area (Å²) in [5.74, 6) is -0.0431. The number of fused-ring (bicyclic) bond motifs is 5. The summed E-state index contributed by atoms with van der Waals surface area (Å²) in [5.41, 5.74) is -1.78. The summed E-state index contributed by atoms with van der Waals surface area (Å²) in [6.45, 7) is 10.1. The van der Waals surface area contributed by atoms with Gasteiger partial charge in [0.15, 0.2) is 6.29 Å². The van der Waals surface area contributed by atoms with Crippen LogP contribution in [0.1, 0.15) is 92.4 Å². The van der Waals surface area contributed by atoms with Gasteiger partial charge in [0.1, 0.15) is 18.3 Å². The maximum atomic E-state index is 12.6. The summed E-state index contributed by atoms with van der Waals surface area (Å²) in [4.78, 5) is 0. The number of rotatable bonds is 11. The lowest BCUT2D eigenvalue weighted by molar-refractivity contribution is -0.263. The molecule has 13 heteroatoms. The molecule has 0 spiro atoms. The largest absolute Gasteiger partial charge is 0.397 e. The predicted molar refractivity (Wildman–Crippen MR) is 167 cm³/mol. The van der Waals surface area contributed by atoms with E-state index in [4.69, 9.17) is 18.8 Å². The molecule has 1 aliphatic heterocycles. The summed E-state index contributed by atoms with van der Waals surface area (Å²) in [5, 5.41) is 56.8. The molecule has 1 heterocycles. The van der Waals surface area contributed by atoms with Gasteiger partial charge in [0.2, 0.25) is 0 Å². The van der Waals surface area contributed by atoms with Crippen molar-refractivity contribution in [3.8, 4) is 0 Å². The lowest BCUT2D eigenvalue weighted by Gasteiger charge is -2.66. The Morgan fingerprint density at radius 3 is 2.26 bits per heavy atom. The highest BCUT2D eigenvalue weighted by Crippen LogP contribution is 2.69. The first-order valence-corrected chi connectivity index (χ1v) is 18.6. The van der Waals surface area contributed by atoms with Gasteiger partial charge in [-0.25, -0.2) is 4.18 Å². The van der Waals surface area contributed by atoms with Gasteiger partial charge in [-0.1, -0.05) is 34.6 Å². The van der Waals surface area contributed by atoms with E-state index in [1.165, 1.54) is 7.11 Å². The highest BCUT2D eigenvalue weighted by molar-refractivity contribution is 7.80. The van der Waals surface area contributed by atoms with Gasteiger partial charge in [0.25, 0.3) is 0 Å². The lowest BCUT2D eigenvalue weighted by atomic mass is 9.42. The van der Waals surface area contributed by atoms with Gasteiger partial charge < -0.3 is 39.7 Å². The van der Waals surface area contributed by atoms with Crippen molar-refractivity contribution in [2.24, 2.45) is 46.3 Å². The molecule has 46 heavy (non-hydrogen) atoms. The van der Waals surface area contributed by atoms with E-state index in [0.29, 0.717) is 25.7 Å². The van der Waals surface area contributed by atoms with E-state index in [2.05, 4.69) is 25.0 Å². The van der Waals surface area contributed by atoms with Crippen molar-refractivity contribution >= 4 is 10.4 Å². The topological polar surface area (TPSA) is 192 Å². The molecule has 6 N–H and O–H groups in total. The first-order valence-electron chi connectivity index (χ1n) is 17.3. The second-order valence-corrected chi connectivity index (χ2v) is 17.3. The molecule has 0 radical (unpaired) electrons. The molecular weight excluding hydrogens is 620 g/mol. The molecule has 5 rings (SSSR count). The molecule has 5 aliphatic rings. The Labute approximate surface area is 274 Å². The van der Waals surface area contributed by atoms with E-state index in [1.54, 1.807) is 0 Å². The second-order valence-electron chi connectivity index (χ2n) is 16.2. The van der Waals surface area contributed by atoms with Crippen LogP contribution in [0.2, 0.25) is 0 Å². The van der Waals surface area contributed by atoms with Crippen molar-refractivity contribution in [2.45, 2.75) is 147 Å². The highest BCUT2D eigenvalue weighted by atomic mass is 32.3. The highest BCUT2D eigenvalue weighted by Gasteiger charge is 2.70. The molecule has 5 fully saturated rings. The summed E-state index contributed by atoms with van der Waals surface area (Å²) in [7, 11) is -3.33. The number of hydrogen-bond acceptors (Lipinski definition) is 11. The molecule has 268 valence electrons. The van der Waals surface area contributed by atoms with Crippen molar-refractivity contribution in [2.75, 3.05) is 13.7 Å². The van der Waals surface area contributed by atoms with Crippen molar-refractivity contribution in [1.82, 2.24) is 0 Å². The number of aliphatic hydroxyl groups is 5. The molecule has 0 amide bonds. The monoisotopic (exact) mass is 678 g/mol. The van der Waals surface area contributed by atoms with Gasteiger partial charge in [-0.05, 0) is 91.8 Å². The van der Waals surface area contributed by atoms with Gasteiger partial charge in [0, 0.05) is 19.4 Å². The van der Waals surface area contributed by atoms with Crippen LogP contribution < -0.4 is 0 Å². The van der Waals surface area contributed by atoms with Gasteiger partial charge in [0.05, 0.1) is 36.6 Å². The van der Waals surface area contributed by atoms with Crippen LogP contribution in [0.4, 0.5) is 0 Å². The third-order valence-corrected chi connectivity index (χ3v) is 13.8. The minimum atomic E-state index is -4.70. The van der Waals surface area contributed by atoms with E-state index in [9.17, 15) is 34.0 Å². The second kappa shape index (κ2) is 13.4. The van der Waals surface area contributed by atoms with Crippen LogP contribution in [0.25, 0.3) is 0 Å². The predicted octanol–water partition coefficient (Wildman–Crippen LogP) is 2.44. The molecule has 12 nitrogen and oxygen atoms in total. The number of ether oxygens (including phenoxy) is 3. The van der Waals surface area contributed by atoms with Crippen LogP contribution in [0.3, 0.4) is 0 Å². The van der Waals surface area contributed by atoms with Crippen LogP contribution in [0.15, 0.2) is 0 Å². The summed E-state index contributed by atoms with van der Waals surface area (Å²) in [6, 6.07) is 0. The van der Waals surface area contributed by atoms with Crippen molar-refractivity contribution in [3.63, 3.8) is 0 Å². The van der Waals surface area contributed by atoms with E-state index >= 15 is 0 Å². The quantitative estimate of drug-likeness (QED) is 0.175. The van der Waals surface area contributed by atoms with E-state index in [1.807, 2.05) is 13.8 Å². The normalized spacial score (nSPS) is 48.9. The Kier molecular flexibility index (Phi) is 10.7. The number of methoxy groups -OCH3 is 1. The fraction of sp³-hybridized carbons (Fsp3) is 1.00. The van der Waals surface area contributed by atoms with Crippen LogP contribution in [0, 0.1) is 46.3 Å². The van der Waals surface area contributed by atoms with Crippen LogP contribution in [-0.4, -0.2) is 107 Å². The van der Waals surface area contributed by atoms with Crippen molar-refractivity contribution in [1.29, 1.82) is 0 Å². The third-order valence-electron chi connectivity index (χ3n) is 13.3. The van der Waals surface area contributed by atoms with Gasteiger partial charge in [-0.3, -0.25) is 4.55 Å². The molecule has 11 unspecified atom stereocenters. The van der Waals surface area contributed by atoms with Crippen LogP contribution >= 0.6 is 0 Å². The fourth-order valence-electron chi connectivity index (χ4n) is 11.2. The van der Waals surface area contributed by atoms with E-state index in [0.717, 1.165) is 25.7 Å². The summed E-state index contributed by atoms with van der Waals surface area (Å²) in [6.07, 6.45) is -0.342. The van der Waals surface area contributed by atoms with E-state index in [-0.39, 0.29) is 58.9 Å². The van der Waals surface area contributed by atoms with Crippen LogP contribution in [0.5, 0.6) is 0 Å². The Morgan fingerprint density at radius 1 is 0.957 bits per heavy atom. The van der Waals surface area contributed by atoms with Crippen molar-refractivity contribution in [3.05, 3.63) is 0 Å². The maximum absolute atomic E-state index is 12.6. The molecule has 0 bridgehead atoms. The third kappa shape index (κ3) is 6.57. The average molecular weight is 679 g/mol. The SMILES string of the molecule is COC1C(COS(=O)(=O)O)OC(OC(CCC(C)C2CC(O)C3[C@]2(C)CCC2[C@@]4(C)CC[C@H](O)CC4[C@@H](O)C[C@]23O)C(C)C)C1O. The minimum absolute atomic E-state index is 0.0399. The lowest BCUT2D eigenvalue weighted by Crippen LogP contribution is -2.68. The van der Waals surface area contributed by atoms with Gasteiger partial charge in [-0.2, -0.15) is 8.42 Å². The fourth-order valence-corrected chi connectivity index (χ4v) is 11.5. The standard InChI is InChI=1S/C33H58O12S/c1-17(2)24(44-30-27(37)28(42-6)25(45-30)16-43-46(39,40)41)8-7-18(3)20-14-22(35)29-32(20,5)12-10-26-31(4)11-9-19(34)13-21(31)23(36)15-33(26,29)38/h17-30,34-38H,7-16H2,1-6H3,(H,39,40,41)/t18?,19-,20?,21?,22?,23-,24?,25?,26?,27?,28?,29?,30?,31-,32+,33-/m0/s1. The maximum Gasteiger partial charge on any atom is 0.397 e. The zero-order valence-corrected chi connectivity index (χ0v) is 29.0. The molecular formula is C33H58O12S. The molecule has 4 aliphatic carbocycles. The first-order chi connectivity index (χ1) is 21.4. The number of hydrogen-bond donors (Lipinski definition) is 6. The van der Waals surface area contributed by atoms with Gasteiger partial charge in [-0.15, -0.1) is 0 Å². The molecule has 0 aromatic heterocycles. The molecule has 1 saturated heterocycles. The average Bonchev–Trinajstić information content (AvgIpc) is 3.41. The Bertz CT molecular complexity index is 1170. The van der Waals surface area contributed by atoms with Crippen LogP contribution in [-0.2, 0) is 28.8 Å². The summed E-state index contributed by atoms with van der Waals surface area (Å²) < 4.78 is 53.0. The van der Waals surface area contributed by atoms with Gasteiger partial charge >= 0.3 is 10.4 Å². The summed E-state index contributed by atoms with van der Waals surface area (Å²) >= 11 is 0. The molecule has 16 atom stereocenters. The Hall–Kier alpha value is -0.450. The van der Waals surface area contributed by atoms with Crippen molar-refractivity contribution < 1.29 is 56.9 Å². The molecule has 0 aromatic carbocycles. The Morgan fingerprint density at radius 2 is 1.63 bits per heavy atom.